The van der Waals surface area contributed by atoms with Crippen LogP contribution in [0.4, 0.5) is 22.0 Å². The van der Waals surface area contributed by atoms with E-state index < -0.39 is 34.6 Å². The highest BCUT2D eigenvalue weighted by molar-refractivity contribution is 5.53. The summed E-state index contributed by atoms with van der Waals surface area (Å²) in [7, 11) is 0. The number of allylic oxidation sites excluding steroid dienone is 1. The Balaban J connectivity index is 2.40. The van der Waals surface area contributed by atoms with Crippen LogP contribution in [0.5, 0.6) is 0 Å². The van der Waals surface area contributed by atoms with Gasteiger partial charge in [0.1, 0.15) is 11.6 Å². The third kappa shape index (κ3) is 3.98. The van der Waals surface area contributed by atoms with Crippen molar-refractivity contribution in [3.05, 3.63) is 76.1 Å². The van der Waals surface area contributed by atoms with Crippen LogP contribution in [-0.4, -0.2) is 0 Å². The van der Waals surface area contributed by atoms with Gasteiger partial charge in [-0.05, 0) is 36.2 Å². The van der Waals surface area contributed by atoms with Crippen LogP contribution >= 0.6 is 0 Å². The summed E-state index contributed by atoms with van der Waals surface area (Å²) in [6.07, 6.45) is 4.02. The predicted octanol–water partition coefficient (Wildman–Crippen LogP) is 5.21. The Morgan fingerprint density at radius 1 is 0.826 bits per heavy atom. The van der Waals surface area contributed by atoms with Gasteiger partial charge in [0.15, 0.2) is 17.5 Å². The largest absolute Gasteiger partial charge is 0.205 e. The minimum absolute atomic E-state index is 0.227. The Kier molecular flexibility index (Phi) is 5.17. The molecule has 0 heterocycles. The molecule has 0 amide bonds. The molecule has 2 rings (SSSR count). The third-order valence-electron chi connectivity index (χ3n) is 2.93. The smallest absolute Gasteiger partial charge is 0.194 e. The van der Waals surface area contributed by atoms with Gasteiger partial charge in [0, 0.05) is 5.56 Å². The lowest BCUT2D eigenvalue weighted by Crippen LogP contribution is -1.94. The molecule has 0 aliphatic heterocycles. The Hall–Kier alpha value is -2.61. The van der Waals surface area contributed by atoms with Gasteiger partial charge in [0.05, 0.1) is 5.56 Å². The van der Waals surface area contributed by atoms with Crippen molar-refractivity contribution in [2.24, 2.45) is 0 Å². The normalized spacial score (nSPS) is 10.7. The molecule has 0 saturated heterocycles. The van der Waals surface area contributed by atoms with E-state index in [4.69, 9.17) is 0 Å². The average molecular weight is 322 g/mol. The first-order valence-corrected chi connectivity index (χ1v) is 6.74. The fraction of sp³-hybridized carbons (Fsp3) is 0.111. The van der Waals surface area contributed by atoms with Crippen molar-refractivity contribution in [3.8, 4) is 11.8 Å². The molecule has 0 atom stereocenters. The zero-order chi connectivity index (χ0) is 17.0. The molecule has 0 radical (unpaired) electrons. The van der Waals surface area contributed by atoms with Crippen LogP contribution in [0.3, 0.4) is 0 Å². The van der Waals surface area contributed by atoms with E-state index in [1.54, 1.807) is 12.2 Å². The Morgan fingerprint density at radius 2 is 1.39 bits per heavy atom. The maximum Gasteiger partial charge on any atom is 0.194 e. The summed E-state index contributed by atoms with van der Waals surface area (Å²) in [5, 5.41) is 0. The van der Waals surface area contributed by atoms with Crippen LogP contribution in [0.25, 0.3) is 6.08 Å². The molecule has 5 heteroatoms. The molecule has 0 nitrogen and oxygen atoms in total. The Morgan fingerprint density at radius 3 is 1.91 bits per heavy atom. The molecule has 0 saturated carbocycles. The van der Waals surface area contributed by atoms with E-state index in [1.807, 2.05) is 6.92 Å². The van der Waals surface area contributed by atoms with Gasteiger partial charge in [0.25, 0.3) is 0 Å². The van der Waals surface area contributed by atoms with Crippen molar-refractivity contribution >= 4 is 6.08 Å². The second-order valence-corrected chi connectivity index (χ2v) is 4.67. The molecule has 0 spiro atoms. The summed E-state index contributed by atoms with van der Waals surface area (Å²) >= 11 is 0. The van der Waals surface area contributed by atoms with E-state index in [1.165, 1.54) is 0 Å². The minimum Gasteiger partial charge on any atom is -0.205 e. The average Bonchev–Trinajstić information content (AvgIpc) is 2.49. The van der Waals surface area contributed by atoms with E-state index in [0.29, 0.717) is 24.1 Å². The second-order valence-electron chi connectivity index (χ2n) is 4.67. The van der Waals surface area contributed by atoms with Gasteiger partial charge in [-0.25, -0.2) is 22.0 Å². The van der Waals surface area contributed by atoms with E-state index in [9.17, 15) is 22.0 Å². The molecular weight excluding hydrogens is 311 g/mol. The number of hydrogen-bond acceptors (Lipinski definition) is 0. The van der Waals surface area contributed by atoms with Crippen LogP contribution in [-0.2, 0) is 0 Å². The standard InChI is InChI=1S/C18H11F5/c1-2-3-4-11-7-14(19)13(15(20)8-11)6-5-12-9-16(21)18(23)17(22)10-12/h3-4,7-10H,2H2,1H3. The molecular formula is C18H11F5. The highest BCUT2D eigenvalue weighted by atomic mass is 19.2. The van der Waals surface area contributed by atoms with E-state index in [-0.39, 0.29) is 5.56 Å². The lowest BCUT2D eigenvalue weighted by Gasteiger charge is -2.00. The fourth-order valence-electron chi connectivity index (χ4n) is 1.82. The summed E-state index contributed by atoms with van der Waals surface area (Å²) in [6.45, 7) is 1.88. The first kappa shape index (κ1) is 16.8. The quantitative estimate of drug-likeness (QED) is 0.405. The molecule has 0 N–H and O–H groups in total. The lowest BCUT2D eigenvalue weighted by atomic mass is 10.1. The molecule has 2 aromatic carbocycles. The predicted molar refractivity (Wildman–Crippen MR) is 78.0 cm³/mol. The van der Waals surface area contributed by atoms with Crippen molar-refractivity contribution < 1.29 is 22.0 Å². The Labute approximate surface area is 130 Å². The first-order chi connectivity index (χ1) is 10.9. The van der Waals surface area contributed by atoms with Crippen molar-refractivity contribution in [1.82, 2.24) is 0 Å². The zero-order valence-corrected chi connectivity index (χ0v) is 12.1. The van der Waals surface area contributed by atoms with Gasteiger partial charge < -0.3 is 0 Å². The second kappa shape index (κ2) is 7.10. The maximum atomic E-state index is 13.9. The van der Waals surface area contributed by atoms with Crippen molar-refractivity contribution in [3.63, 3.8) is 0 Å². The molecule has 0 bridgehead atoms. The monoisotopic (exact) mass is 322 g/mol. The summed E-state index contributed by atoms with van der Waals surface area (Å²) in [5.41, 5.74) is -0.412. The minimum atomic E-state index is -1.63. The van der Waals surface area contributed by atoms with E-state index >= 15 is 0 Å². The SMILES string of the molecule is CCC=Cc1cc(F)c(C#Cc2cc(F)c(F)c(F)c2)c(F)c1. The zero-order valence-electron chi connectivity index (χ0n) is 12.1. The van der Waals surface area contributed by atoms with E-state index in [0.717, 1.165) is 12.1 Å². The van der Waals surface area contributed by atoms with Gasteiger partial charge in [-0.1, -0.05) is 30.9 Å². The highest BCUT2D eigenvalue weighted by Gasteiger charge is 2.10. The van der Waals surface area contributed by atoms with Crippen molar-refractivity contribution in [2.45, 2.75) is 13.3 Å². The number of benzene rings is 2. The van der Waals surface area contributed by atoms with Gasteiger partial charge >= 0.3 is 0 Å². The van der Waals surface area contributed by atoms with Gasteiger partial charge in [-0.3, -0.25) is 0 Å². The van der Waals surface area contributed by atoms with Gasteiger partial charge in [-0.2, -0.15) is 0 Å². The van der Waals surface area contributed by atoms with Crippen LogP contribution in [0.15, 0.2) is 30.3 Å². The number of halogens is 5. The highest BCUT2D eigenvalue weighted by Crippen LogP contribution is 2.17. The molecule has 0 aromatic heterocycles. The summed E-state index contributed by atoms with van der Waals surface area (Å²) < 4.78 is 66.7. The lowest BCUT2D eigenvalue weighted by molar-refractivity contribution is 0.446. The van der Waals surface area contributed by atoms with Crippen molar-refractivity contribution in [2.75, 3.05) is 0 Å². The first-order valence-electron chi connectivity index (χ1n) is 6.74. The molecule has 0 unspecified atom stereocenters. The molecule has 0 aliphatic carbocycles. The molecule has 0 fully saturated rings. The van der Waals surface area contributed by atoms with Crippen molar-refractivity contribution in [1.29, 1.82) is 0 Å². The summed E-state index contributed by atoms with van der Waals surface area (Å²) in [4.78, 5) is 0. The van der Waals surface area contributed by atoms with E-state index in [2.05, 4.69) is 11.8 Å². The Bertz CT molecular complexity index is 779. The van der Waals surface area contributed by atoms with Gasteiger partial charge in [0.2, 0.25) is 0 Å². The number of rotatable bonds is 2. The van der Waals surface area contributed by atoms with Crippen LogP contribution in [0, 0.1) is 40.9 Å². The molecule has 118 valence electrons. The molecule has 23 heavy (non-hydrogen) atoms. The topological polar surface area (TPSA) is 0 Å². The molecule has 2 aromatic rings. The summed E-state index contributed by atoms with van der Waals surface area (Å²) in [5.74, 6) is -1.86. The molecule has 0 aliphatic rings. The van der Waals surface area contributed by atoms with Crippen LogP contribution in [0.1, 0.15) is 30.0 Å². The fourth-order valence-corrected chi connectivity index (χ4v) is 1.82. The van der Waals surface area contributed by atoms with Gasteiger partial charge in [-0.15, -0.1) is 0 Å². The van der Waals surface area contributed by atoms with Crippen LogP contribution < -0.4 is 0 Å². The van der Waals surface area contributed by atoms with Crippen LogP contribution in [0.2, 0.25) is 0 Å². The summed E-state index contributed by atoms with van der Waals surface area (Å²) in [6, 6.07) is 3.51. The number of hydrogen-bond donors (Lipinski definition) is 0. The maximum absolute atomic E-state index is 13.9. The third-order valence-corrected chi connectivity index (χ3v) is 2.93.